The topological polar surface area (TPSA) is 56.2 Å². The molecule has 1 heterocycles. The lowest BCUT2D eigenvalue weighted by molar-refractivity contribution is 0.896. The van der Waals surface area contributed by atoms with Crippen molar-refractivity contribution in [2.75, 3.05) is 0 Å². The van der Waals surface area contributed by atoms with Gasteiger partial charge in [0.2, 0.25) is 0 Å². The highest BCUT2D eigenvalue weighted by atomic mass is 15.1. The zero-order valence-corrected chi connectivity index (χ0v) is 7.07. The lowest BCUT2D eigenvalue weighted by Gasteiger charge is -1.99. The predicted octanol–water partition coefficient (Wildman–Crippen LogP) is 0.288. The first-order chi connectivity index (χ1) is 5.77. The Balaban J connectivity index is 2.23. The third-order valence-corrected chi connectivity index (χ3v) is 1.95. The molecule has 1 fully saturated rings. The number of amidine groups is 1. The van der Waals surface area contributed by atoms with Crippen LogP contribution in [0.1, 0.15) is 18.5 Å². The van der Waals surface area contributed by atoms with Crippen LogP contribution in [0, 0.1) is 0 Å². The Hall–Kier alpha value is -1.32. The molecular formula is C8H12N4. The lowest BCUT2D eigenvalue weighted by atomic mass is 10.4. The van der Waals surface area contributed by atoms with Gasteiger partial charge in [0.25, 0.3) is 0 Å². The number of nitrogens with two attached hydrogens (primary N) is 1. The summed E-state index contributed by atoms with van der Waals surface area (Å²) in [7, 11) is 1.91. The predicted molar refractivity (Wildman–Crippen MR) is 47.0 cm³/mol. The molecule has 0 radical (unpaired) electrons. The average molecular weight is 164 g/mol. The van der Waals surface area contributed by atoms with Gasteiger partial charge in [-0.25, -0.2) is 4.98 Å². The standard InChI is InChI=1S/C8H12N4/c1-12-5-10-4-7(12)8(9)11-6-2-3-6/h4-6H,2-3H2,1H3,(H2,9,11). The molecule has 0 saturated heterocycles. The SMILES string of the molecule is Cn1cncc1C(N)=NC1CC1. The van der Waals surface area contributed by atoms with E-state index in [4.69, 9.17) is 5.73 Å². The maximum atomic E-state index is 5.77. The molecule has 0 aliphatic heterocycles. The van der Waals surface area contributed by atoms with Crippen LogP contribution in [0.5, 0.6) is 0 Å². The molecule has 2 rings (SSSR count). The number of aliphatic imine (C=N–C) groups is 1. The zero-order chi connectivity index (χ0) is 8.55. The van der Waals surface area contributed by atoms with Gasteiger partial charge in [0.15, 0.2) is 0 Å². The van der Waals surface area contributed by atoms with Gasteiger partial charge in [-0.15, -0.1) is 0 Å². The van der Waals surface area contributed by atoms with Gasteiger partial charge in [0, 0.05) is 7.05 Å². The van der Waals surface area contributed by atoms with E-state index < -0.39 is 0 Å². The van der Waals surface area contributed by atoms with Gasteiger partial charge >= 0.3 is 0 Å². The van der Waals surface area contributed by atoms with Crippen LogP contribution in [0.2, 0.25) is 0 Å². The van der Waals surface area contributed by atoms with Gasteiger partial charge in [-0.05, 0) is 12.8 Å². The Morgan fingerprint density at radius 2 is 2.50 bits per heavy atom. The Bertz CT molecular complexity index is 309. The van der Waals surface area contributed by atoms with Crippen LogP contribution >= 0.6 is 0 Å². The van der Waals surface area contributed by atoms with E-state index in [1.165, 1.54) is 12.8 Å². The van der Waals surface area contributed by atoms with Crippen LogP contribution < -0.4 is 5.73 Å². The monoisotopic (exact) mass is 164 g/mol. The summed E-state index contributed by atoms with van der Waals surface area (Å²) in [6.07, 6.45) is 5.82. The van der Waals surface area contributed by atoms with Gasteiger partial charge in [-0.2, -0.15) is 0 Å². The van der Waals surface area contributed by atoms with E-state index in [1.807, 2.05) is 11.6 Å². The van der Waals surface area contributed by atoms with Crippen LogP contribution in [-0.4, -0.2) is 21.4 Å². The largest absolute Gasteiger partial charge is 0.382 e. The molecule has 4 heteroatoms. The molecule has 0 aromatic carbocycles. The van der Waals surface area contributed by atoms with Crippen LogP contribution in [0.3, 0.4) is 0 Å². The average Bonchev–Trinajstić information content (AvgIpc) is 2.72. The highest BCUT2D eigenvalue weighted by molar-refractivity contribution is 5.95. The summed E-state index contributed by atoms with van der Waals surface area (Å²) in [5.41, 5.74) is 6.67. The summed E-state index contributed by atoms with van der Waals surface area (Å²) in [6.45, 7) is 0. The number of hydrogen-bond acceptors (Lipinski definition) is 2. The second kappa shape index (κ2) is 2.62. The Kier molecular flexibility index (Phi) is 1.60. The van der Waals surface area contributed by atoms with Crippen LogP contribution in [-0.2, 0) is 7.05 Å². The van der Waals surface area contributed by atoms with Crippen molar-refractivity contribution < 1.29 is 0 Å². The van der Waals surface area contributed by atoms with Gasteiger partial charge in [0.05, 0.1) is 18.6 Å². The molecule has 0 bridgehead atoms. The van der Waals surface area contributed by atoms with E-state index in [9.17, 15) is 0 Å². The molecule has 0 unspecified atom stereocenters. The normalized spacial score (nSPS) is 18.2. The first-order valence-electron chi connectivity index (χ1n) is 4.07. The number of rotatable bonds is 2. The summed E-state index contributed by atoms with van der Waals surface area (Å²) >= 11 is 0. The first kappa shape index (κ1) is 7.34. The van der Waals surface area contributed by atoms with Crippen molar-refractivity contribution in [3.8, 4) is 0 Å². The summed E-state index contributed by atoms with van der Waals surface area (Å²) in [4.78, 5) is 8.30. The minimum absolute atomic E-state index is 0.472. The number of imidazole rings is 1. The zero-order valence-electron chi connectivity index (χ0n) is 7.07. The quantitative estimate of drug-likeness (QED) is 0.504. The molecule has 1 aliphatic rings. The third-order valence-electron chi connectivity index (χ3n) is 1.95. The molecule has 0 amide bonds. The summed E-state index contributed by atoms with van der Waals surface area (Å²) in [5, 5.41) is 0. The van der Waals surface area contributed by atoms with Gasteiger partial charge in [-0.3, -0.25) is 4.99 Å². The van der Waals surface area contributed by atoms with Crippen LogP contribution in [0.4, 0.5) is 0 Å². The lowest BCUT2D eigenvalue weighted by Crippen LogP contribution is -2.17. The van der Waals surface area contributed by atoms with Gasteiger partial charge in [0.1, 0.15) is 11.5 Å². The minimum Gasteiger partial charge on any atom is -0.382 e. The fourth-order valence-electron chi connectivity index (χ4n) is 1.07. The van der Waals surface area contributed by atoms with E-state index in [1.54, 1.807) is 12.5 Å². The van der Waals surface area contributed by atoms with Crippen molar-refractivity contribution in [3.05, 3.63) is 18.2 Å². The van der Waals surface area contributed by atoms with E-state index >= 15 is 0 Å². The number of nitrogens with zero attached hydrogens (tertiary/aromatic N) is 3. The number of hydrogen-bond donors (Lipinski definition) is 1. The van der Waals surface area contributed by atoms with Crippen molar-refractivity contribution in [2.24, 2.45) is 17.8 Å². The highest BCUT2D eigenvalue weighted by Crippen LogP contribution is 2.23. The van der Waals surface area contributed by atoms with E-state index in [0.717, 1.165) is 5.69 Å². The maximum Gasteiger partial charge on any atom is 0.144 e. The molecule has 64 valence electrons. The summed E-state index contributed by atoms with van der Waals surface area (Å²) in [6, 6.07) is 0.472. The van der Waals surface area contributed by atoms with Crippen LogP contribution in [0.15, 0.2) is 17.5 Å². The fourth-order valence-corrected chi connectivity index (χ4v) is 1.07. The fraction of sp³-hybridized carbons (Fsp3) is 0.500. The van der Waals surface area contributed by atoms with Crippen molar-refractivity contribution >= 4 is 5.84 Å². The molecule has 1 aliphatic carbocycles. The van der Waals surface area contributed by atoms with Crippen molar-refractivity contribution in [1.82, 2.24) is 9.55 Å². The Labute approximate surface area is 71.1 Å². The van der Waals surface area contributed by atoms with Crippen LogP contribution in [0.25, 0.3) is 0 Å². The molecular weight excluding hydrogens is 152 g/mol. The summed E-state index contributed by atoms with van der Waals surface area (Å²) < 4.78 is 1.88. The molecule has 12 heavy (non-hydrogen) atoms. The number of aromatic nitrogens is 2. The molecule has 0 spiro atoms. The Morgan fingerprint density at radius 3 is 3.00 bits per heavy atom. The van der Waals surface area contributed by atoms with Crippen molar-refractivity contribution in [3.63, 3.8) is 0 Å². The third kappa shape index (κ3) is 1.32. The molecule has 1 aromatic heterocycles. The van der Waals surface area contributed by atoms with E-state index in [2.05, 4.69) is 9.98 Å². The molecule has 1 aromatic rings. The smallest absolute Gasteiger partial charge is 0.144 e. The second-order valence-electron chi connectivity index (χ2n) is 3.14. The van der Waals surface area contributed by atoms with Crippen molar-refractivity contribution in [1.29, 1.82) is 0 Å². The minimum atomic E-state index is 0.472. The first-order valence-corrected chi connectivity index (χ1v) is 4.07. The van der Waals surface area contributed by atoms with Gasteiger partial charge < -0.3 is 10.3 Å². The molecule has 1 saturated carbocycles. The number of aryl methyl sites for hydroxylation is 1. The second-order valence-corrected chi connectivity index (χ2v) is 3.14. The van der Waals surface area contributed by atoms with Crippen molar-refractivity contribution in [2.45, 2.75) is 18.9 Å². The maximum absolute atomic E-state index is 5.77. The van der Waals surface area contributed by atoms with E-state index in [0.29, 0.717) is 11.9 Å². The summed E-state index contributed by atoms with van der Waals surface area (Å²) in [5.74, 6) is 0.609. The Morgan fingerprint density at radius 1 is 1.75 bits per heavy atom. The molecule has 4 nitrogen and oxygen atoms in total. The van der Waals surface area contributed by atoms with Gasteiger partial charge in [-0.1, -0.05) is 0 Å². The van der Waals surface area contributed by atoms with E-state index in [-0.39, 0.29) is 0 Å². The highest BCUT2D eigenvalue weighted by Gasteiger charge is 2.21. The molecule has 0 atom stereocenters. The molecule has 2 N–H and O–H groups in total.